The maximum Gasteiger partial charge on any atom is 0.294 e. The number of anilines is 4. The molecule has 0 heterocycles. The van der Waals surface area contributed by atoms with Crippen LogP contribution in [0.15, 0.2) is 66.7 Å². The molecule has 0 bridgehead atoms. The van der Waals surface area contributed by atoms with Gasteiger partial charge < -0.3 is 20.8 Å². The zero-order valence-corrected chi connectivity index (χ0v) is 13.0. The number of rotatable bonds is 5. The Morgan fingerprint density at radius 1 is 0.760 bits per heavy atom. The van der Waals surface area contributed by atoms with Crippen LogP contribution in [0.4, 0.5) is 28.4 Å². The number of phenols is 2. The van der Waals surface area contributed by atoms with Gasteiger partial charge in [-0.05, 0) is 36.4 Å². The molecular formula is C18H15N3O4. The van der Waals surface area contributed by atoms with Crippen molar-refractivity contribution in [1.82, 2.24) is 0 Å². The lowest BCUT2D eigenvalue weighted by molar-refractivity contribution is -0.383. The van der Waals surface area contributed by atoms with E-state index in [1.807, 2.05) is 0 Å². The van der Waals surface area contributed by atoms with Crippen molar-refractivity contribution < 1.29 is 15.1 Å². The van der Waals surface area contributed by atoms with Gasteiger partial charge in [0.1, 0.15) is 17.2 Å². The van der Waals surface area contributed by atoms with Gasteiger partial charge in [-0.15, -0.1) is 0 Å². The molecule has 0 aromatic heterocycles. The number of hydrogen-bond donors (Lipinski definition) is 4. The van der Waals surface area contributed by atoms with Gasteiger partial charge in [0.2, 0.25) is 0 Å². The molecule has 7 nitrogen and oxygen atoms in total. The SMILES string of the molecule is O=[N+]([O-])c1cc(Nc2ccccc2O)ccc1Nc1ccccc1O. The minimum absolute atomic E-state index is 0.00629. The molecule has 25 heavy (non-hydrogen) atoms. The Hall–Kier alpha value is -3.74. The zero-order valence-electron chi connectivity index (χ0n) is 13.0. The second-order valence-electron chi connectivity index (χ2n) is 5.27. The Morgan fingerprint density at radius 3 is 1.88 bits per heavy atom. The number of para-hydroxylation sites is 4. The molecule has 0 saturated heterocycles. The van der Waals surface area contributed by atoms with Crippen LogP contribution in [-0.4, -0.2) is 15.1 Å². The minimum Gasteiger partial charge on any atom is -0.506 e. The predicted molar refractivity (Wildman–Crippen MR) is 95.9 cm³/mol. The molecule has 0 aliphatic rings. The van der Waals surface area contributed by atoms with Gasteiger partial charge in [0.05, 0.1) is 16.3 Å². The summed E-state index contributed by atoms with van der Waals surface area (Å²) in [7, 11) is 0. The monoisotopic (exact) mass is 337 g/mol. The molecular weight excluding hydrogens is 322 g/mol. The Bertz CT molecular complexity index is 928. The number of aromatic hydroxyl groups is 2. The zero-order chi connectivity index (χ0) is 17.8. The first-order valence-corrected chi connectivity index (χ1v) is 7.43. The van der Waals surface area contributed by atoms with Gasteiger partial charge in [0.25, 0.3) is 5.69 Å². The van der Waals surface area contributed by atoms with Gasteiger partial charge in [-0.3, -0.25) is 10.1 Å². The van der Waals surface area contributed by atoms with Crippen LogP contribution in [0.3, 0.4) is 0 Å². The topological polar surface area (TPSA) is 108 Å². The average Bonchev–Trinajstić information content (AvgIpc) is 2.60. The third kappa shape index (κ3) is 3.61. The van der Waals surface area contributed by atoms with Gasteiger partial charge in [0, 0.05) is 11.8 Å². The highest BCUT2D eigenvalue weighted by Gasteiger charge is 2.16. The summed E-state index contributed by atoms with van der Waals surface area (Å²) in [5, 5.41) is 36.8. The van der Waals surface area contributed by atoms with E-state index in [4.69, 9.17) is 0 Å². The smallest absolute Gasteiger partial charge is 0.294 e. The average molecular weight is 337 g/mol. The first-order chi connectivity index (χ1) is 12.0. The van der Waals surface area contributed by atoms with E-state index in [2.05, 4.69) is 10.6 Å². The predicted octanol–water partition coefficient (Wildman–Crippen LogP) is 4.49. The summed E-state index contributed by atoms with van der Waals surface area (Å²) >= 11 is 0. The fraction of sp³-hybridized carbons (Fsp3) is 0. The van der Waals surface area contributed by atoms with Crippen LogP contribution < -0.4 is 10.6 Å². The molecule has 3 aromatic rings. The molecule has 0 spiro atoms. The highest BCUT2D eigenvalue weighted by molar-refractivity contribution is 5.77. The summed E-state index contributed by atoms with van der Waals surface area (Å²) < 4.78 is 0. The number of nitro benzene ring substituents is 1. The lowest BCUT2D eigenvalue weighted by Crippen LogP contribution is -1.99. The molecule has 126 valence electrons. The van der Waals surface area contributed by atoms with Crippen molar-refractivity contribution in [3.05, 3.63) is 76.8 Å². The van der Waals surface area contributed by atoms with Gasteiger partial charge >= 0.3 is 0 Å². The summed E-state index contributed by atoms with van der Waals surface area (Å²) in [5.41, 5.74) is 1.35. The van der Waals surface area contributed by atoms with E-state index in [-0.39, 0.29) is 22.9 Å². The second kappa shape index (κ2) is 6.79. The maximum absolute atomic E-state index is 11.4. The van der Waals surface area contributed by atoms with Crippen LogP contribution in [-0.2, 0) is 0 Å². The van der Waals surface area contributed by atoms with E-state index in [1.165, 1.54) is 24.3 Å². The summed E-state index contributed by atoms with van der Waals surface area (Å²) in [4.78, 5) is 10.9. The number of benzene rings is 3. The van der Waals surface area contributed by atoms with E-state index >= 15 is 0 Å². The summed E-state index contributed by atoms with van der Waals surface area (Å²) in [5.74, 6) is 0.0368. The van der Waals surface area contributed by atoms with E-state index in [9.17, 15) is 20.3 Å². The lowest BCUT2D eigenvalue weighted by Gasteiger charge is -2.12. The molecule has 0 amide bonds. The summed E-state index contributed by atoms with van der Waals surface area (Å²) in [6, 6.07) is 17.6. The van der Waals surface area contributed by atoms with E-state index in [0.29, 0.717) is 17.1 Å². The molecule has 0 radical (unpaired) electrons. The van der Waals surface area contributed by atoms with E-state index in [0.717, 1.165) is 0 Å². The molecule has 3 rings (SSSR count). The molecule has 7 heteroatoms. The molecule has 0 fully saturated rings. The van der Waals surface area contributed by atoms with E-state index < -0.39 is 4.92 Å². The fourth-order valence-electron chi connectivity index (χ4n) is 2.33. The summed E-state index contributed by atoms with van der Waals surface area (Å²) in [6.07, 6.45) is 0. The number of nitrogens with zero attached hydrogens (tertiary/aromatic N) is 1. The molecule has 0 aliphatic carbocycles. The molecule has 0 saturated carbocycles. The van der Waals surface area contributed by atoms with Gasteiger partial charge in [-0.1, -0.05) is 24.3 Å². The number of nitro groups is 1. The van der Waals surface area contributed by atoms with Crippen molar-refractivity contribution in [1.29, 1.82) is 0 Å². The molecule has 3 aromatic carbocycles. The molecule has 0 atom stereocenters. The van der Waals surface area contributed by atoms with Crippen molar-refractivity contribution >= 4 is 28.4 Å². The standard InChI is InChI=1S/C18H15N3O4/c22-17-7-3-1-5-14(17)19-12-9-10-13(16(11-12)21(24)25)20-15-6-2-4-8-18(15)23/h1-11,19-20,22-23H. The first kappa shape index (κ1) is 16.1. The fourth-order valence-corrected chi connectivity index (χ4v) is 2.33. The quantitative estimate of drug-likeness (QED) is 0.310. The van der Waals surface area contributed by atoms with Crippen LogP contribution in [0, 0.1) is 10.1 Å². The maximum atomic E-state index is 11.4. The molecule has 0 aliphatic heterocycles. The minimum atomic E-state index is -0.516. The van der Waals surface area contributed by atoms with Crippen molar-refractivity contribution in [2.75, 3.05) is 10.6 Å². The van der Waals surface area contributed by atoms with Crippen LogP contribution in [0.2, 0.25) is 0 Å². The molecule has 4 N–H and O–H groups in total. The van der Waals surface area contributed by atoms with Crippen molar-refractivity contribution in [2.24, 2.45) is 0 Å². The summed E-state index contributed by atoms with van der Waals surface area (Å²) in [6.45, 7) is 0. The molecule has 0 unspecified atom stereocenters. The number of hydrogen-bond acceptors (Lipinski definition) is 6. The van der Waals surface area contributed by atoms with Gasteiger partial charge in [0.15, 0.2) is 0 Å². The number of nitrogens with one attached hydrogen (secondary N) is 2. The highest BCUT2D eigenvalue weighted by Crippen LogP contribution is 2.35. The van der Waals surface area contributed by atoms with Gasteiger partial charge in [-0.2, -0.15) is 0 Å². The van der Waals surface area contributed by atoms with E-state index in [1.54, 1.807) is 42.5 Å². The Kier molecular flexibility index (Phi) is 4.38. The second-order valence-corrected chi connectivity index (χ2v) is 5.27. The van der Waals surface area contributed by atoms with Crippen LogP contribution in [0.25, 0.3) is 0 Å². The Morgan fingerprint density at radius 2 is 1.32 bits per heavy atom. The third-order valence-corrected chi connectivity index (χ3v) is 3.55. The largest absolute Gasteiger partial charge is 0.506 e. The van der Waals surface area contributed by atoms with Crippen LogP contribution >= 0.6 is 0 Å². The van der Waals surface area contributed by atoms with Gasteiger partial charge in [-0.25, -0.2) is 0 Å². The Labute approximate surface area is 143 Å². The van der Waals surface area contributed by atoms with Crippen LogP contribution in [0.1, 0.15) is 0 Å². The van der Waals surface area contributed by atoms with Crippen LogP contribution in [0.5, 0.6) is 11.5 Å². The van der Waals surface area contributed by atoms with Crippen molar-refractivity contribution in [3.63, 3.8) is 0 Å². The third-order valence-electron chi connectivity index (χ3n) is 3.55. The number of phenolic OH excluding ortho intramolecular Hbond substituents is 2. The normalized spacial score (nSPS) is 10.2. The van der Waals surface area contributed by atoms with Crippen molar-refractivity contribution in [2.45, 2.75) is 0 Å². The first-order valence-electron chi connectivity index (χ1n) is 7.43. The highest BCUT2D eigenvalue weighted by atomic mass is 16.6. The lowest BCUT2D eigenvalue weighted by atomic mass is 10.2. The van der Waals surface area contributed by atoms with Crippen molar-refractivity contribution in [3.8, 4) is 11.5 Å². The Balaban J connectivity index is 1.92.